The lowest BCUT2D eigenvalue weighted by Crippen LogP contribution is -2.28. The van der Waals surface area contributed by atoms with Gasteiger partial charge in [-0.2, -0.15) is 0 Å². The molecule has 5 nitrogen and oxygen atoms in total. The molecule has 70 valence electrons. The van der Waals surface area contributed by atoms with E-state index in [0.717, 1.165) is 25.1 Å². The number of hydrogen-bond acceptors (Lipinski definition) is 3. The maximum Gasteiger partial charge on any atom is 0.325 e. The van der Waals surface area contributed by atoms with Crippen molar-refractivity contribution in [3.05, 3.63) is 32.1 Å². The molecular formula is C8H11N3O2. The van der Waals surface area contributed by atoms with Crippen LogP contribution in [0.1, 0.15) is 17.7 Å². The molecule has 5 heteroatoms. The molecule has 0 saturated carbocycles. The monoisotopic (exact) mass is 181 g/mol. The van der Waals surface area contributed by atoms with E-state index in [0.29, 0.717) is 12.1 Å². The lowest BCUT2D eigenvalue weighted by atomic mass is 10.1. The topological polar surface area (TPSA) is 77.8 Å². The van der Waals surface area contributed by atoms with Gasteiger partial charge in [0.15, 0.2) is 0 Å². The third-order valence-corrected chi connectivity index (χ3v) is 2.21. The zero-order chi connectivity index (χ0) is 9.26. The zero-order valence-corrected chi connectivity index (χ0v) is 7.14. The first-order chi connectivity index (χ1) is 6.27. The smallest absolute Gasteiger partial charge is 0.311 e. The average molecular weight is 181 g/mol. The van der Waals surface area contributed by atoms with Crippen LogP contribution in [0, 0.1) is 0 Å². The van der Waals surface area contributed by atoms with Crippen LogP contribution in [0.15, 0.2) is 9.59 Å². The molecule has 0 bridgehead atoms. The number of H-pyrrole nitrogens is 2. The first-order valence-corrected chi connectivity index (χ1v) is 4.32. The van der Waals surface area contributed by atoms with Crippen LogP contribution in [0.25, 0.3) is 0 Å². The number of fused-ring (bicyclic) bond motifs is 1. The van der Waals surface area contributed by atoms with Crippen molar-refractivity contribution in [2.24, 2.45) is 0 Å². The molecule has 13 heavy (non-hydrogen) atoms. The number of hydrogen-bond donors (Lipinski definition) is 3. The highest BCUT2D eigenvalue weighted by atomic mass is 16.2. The molecule has 3 N–H and O–H groups in total. The van der Waals surface area contributed by atoms with Crippen LogP contribution in [0.4, 0.5) is 0 Å². The van der Waals surface area contributed by atoms with Crippen molar-refractivity contribution in [2.45, 2.75) is 19.4 Å². The van der Waals surface area contributed by atoms with Crippen molar-refractivity contribution in [1.29, 1.82) is 0 Å². The van der Waals surface area contributed by atoms with Gasteiger partial charge in [-0.25, -0.2) is 4.79 Å². The Morgan fingerprint density at radius 1 is 1.15 bits per heavy atom. The molecule has 1 aliphatic rings. The Hall–Kier alpha value is -1.36. The van der Waals surface area contributed by atoms with Crippen LogP contribution < -0.4 is 16.6 Å². The van der Waals surface area contributed by atoms with E-state index in [2.05, 4.69) is 15.3 Å². The summed E-state index contributed by atoms with van der Waals surface area (Å²) in [6, 6.07) is 0. The number of aromatic nitrogens is 2. The maximum absolute atomic E-state index is 11.3. The summed E-state index contributed by atoms with van der Waals surface area (Å²) in [5, 5.41) is 3.13. The van der Waals surface area contributed by atoms with Crippen LogP contribution in [0.5, 0.6) is 0 Å². The van der Waals surface area contributed by atoms with Gasteiger partial charge in [0.05, 0.1) is 0 Å². The molecule has 0 amide bonds. The van der Waals surface area contributed by atoms with E-state index in [9.17, 15) is 9.59 Å². The molecule has 0 saturated heterocycles. The van der Waals surface area contributed by atoms with Gasteiger partial charge in [0.1, 0.15) is 0 Å². The van der Waals surface area contributed by atoms with Crippen LogP contribution in [0.2, 0.25) is 0 Å². The van der Waals surface area contributed by atoms with Gasteiger partial charge in [-0.15, -0.1) is 0 Å². The van der Waals surface area contributed by atoms with Crippen molar-refractivity contribution in [3.8, 4) is 0 Å². The average Bonchev–Trinajstić information content (AvgIpc) is 2.28. The Balaban J connectivity index is 2.60. The van der Waals surface area contributed by atoms with Crippen LogP contribution >= 0.6 is 0 Å². The molecule has 2 rings (SSSR count). The standard InChI is InChI=1S/C8H11N3O2/c12-7-5-2-1-3-9-4-6(5)10-8(13)11-7/h9H,1-4H2,(H2,10,11,12,13). The molecule has 0 atom stereocenters. The van der Waals surface area contributed by atoms with Crippen molar-refractivity contribution >= 4 is 0 Å². The van der Waals surface area contributed by atoms with Crippen molar-refractivity contribution in [3.63, 3.8) is 0 Å². The highest BCUT2D eigenvalue weighted by Gasteiger charge is 2.11. The second kappa shape index (κ2) is 3.18. The minimum atomic E-state index is -0.424. The minimum absolute atomic E-state index is 0.248. The molecule has 0 fully saturated rings. The summed E-state index contributed by atoms with van der Waals surface area (Å²) >= 11 is 0. The molecule has 1 aliphatic heterocycles. The van der Waals surface area contributed by atoms with Gasteiger partial charge < -0.3 is 10.3 Å². The second-order valence-corrected chi connectivity index (χ2v) is 3.15. The Morgan fingerprint density at radius 3 is 2.85 bits per heavy atom. The first kappa shape index (κ1) is 8.25. The van der Waals surface area contributed by atoms with Gasteiger partial charge in [0, 0.05) is 17.8 Å². The first-order valence-electron chi connectivity index (χ1n) is 4.32. The summed E-state index contributed by atoms with van der Waals surface area (Å²) in [6.07, 6.45) is 1.66. The third kappa shape index (κ3) is 1.55. The molecular weight excluding hydrogens is 170 g/mol. The molecule has 0 spiro atoms. The van der Waals surface area contributed by atoms with E-state index in [1.807, 2.05) is 0 Å². The fourth-order valence-corrected chi connectivity index (χ4v) is 1.58. The number of rotatable bonds is 0. The molecule has 0 aliphatic carbocycles. The fraction of sp³-hybridized carbons (Fsp3) is 0.500. The molecule has 0 radical (unpaired) electrons. The van der Waals surface area contributed by atoms with Gasteiger partial charge >= 0.3 is 5.69 Å². The van der Waals surface area contributed by atoms with Crippen LogP contribution in [0.3, 0.4) is 0 Å². The zero-order valence-electron chi connectivity index (χ0n) is 7.14. The molecule has 0 aromatic carbocycles. The lowest BCUT2D eigenvalue weighted by molar-refractivity contribution is 0.673. The summed E-state index contributed by atoms with van der Waals surface area (Å²) in [6.45, 7) is 1.46. The van der Waals surface area contributed by atoms with E-state index in [-0.39, 0.29) is 5.56 Å². The summed E-state index contributed by atoms with van der Waals surface area (Å²) in [5.41, 5.74) is 0.769. The van der Waals surface area contributed by atoms with E-state index in [1.165, 1.54) is 0 Å². The largest absolute Gasteiger partial charge is 0.325 e. The molecule has 1 aromatic heterocycles. The Morgan fingerprint density at radius 2 is 2.00 bits per heavy atom. The van der Waals surface area contributed by atoms with Crippen LogP contribution in [-0.2, 0) is 13.0 Å². The quantitative estimate of drug-likeness (QED) is 0.485. The van der Waals surface area contributed by atoms with E-state index in [1.54, 1.807) is 0 Å². The Kier molecular flexibility index (Phi) is 2.02. The third-order valence-electron chi connectivity index (χ3n) is 2.21. The summed E-state index contributed by atoms with van der Waals surface area (Å²) in [7, 11) is 0. The maximum atomic E-state index is 11.3. The lowest BCUT2D eigenvalue weighted by Gasteiger charge is -2.01. The Bertz CT molecular complexity index is 418. The second-order valence-electron chi connectivity index (χ2n) is 3.15. The minimum Gasteiger partial charge on any atom is -0.311 e. The number of aromatic amines is 2. The van der Waals surface area contributed by atoms with Crippen molar-refractivity contribution in [1.82, 2.24) is 15.3 Å². The molecule has 0 unspecified atom stereocenters. The molecule has 1 aromatic rings. The highest BCUT2D eigenvalue weighted by Crippen LogP contribution is 2.04. The summed E-state index contributed by atoms with van der Waals surface area (Å²) < 4.78 is 0. The van der Waals surface area contributed by atoms with E-state index < -0.39 is 5.69 Å². The van der Waals surface area contributed by atoms with Gasteiger partial charge in [0.2, 0.25) is 0 Å². The van der Waals surface area contributed by atoms with Gasteiger partial charge in [-0.1, -0.05) is 0 Å². The fourth-order valence-electron chi connectivity index (χ4n) is 1.58. The van der Waals surface area contributed by atoms with Gasteiger partial charge in [-0.05, 0) is 19.4 Å². The normalized spacial score (nSPS) is 16.3. The Labute approximate surface area is 74.2 Å². The summed E-state index contributed by atoms with van der Waals surface area (Å²) in [5.74, 6) is 0. The van der Waals surface area contributed by atoms with Gasteiger partial charge in [-0.3, -0.25) is 9.78 Å². The predicted molar refractivity (Wildman–Crippen MR) is 47.7 cm³/mol. The van der Waals surface area contributed by atoms with Crippen LogP contribution in [-0.4, -0.2) is 16.5 Å². The molecule has 2 heterocycles. The SMILES string of the molecule is O=c1[nH]c2c(c(=O)[nH]1)CCCNC2. The number of nitrogens with one attached hydrogen (secondary N) is 3. The van der Waals surface area contributed by atoms with E-state index in [4.69, 9.17) is 0 Å². The van der Waals surface area contributed by atoms with E-state index >= 15 is 0 Å². The highest BCUT2D eigenvalue weighted by molar-refractivity contribution is 5.17. The van der Waals surface area contributed by atoms with Crippen molar-refractivity contribution < 1.29 is 0 Å². The summed E-state index contributed by atoms with van der Waals surface area (Å²) in [4.78, 5) is 27.1. The predicted octanol–water partition coefficient (Wildman–Crippen LogP) is -0.901. The van der Waals surface area contributed by atoms with Crippen molar-refractivity contribution in [2.75, 3.05) is 6.54 Å². The van der Waals surface area contributed by atoms with Gasteiger partial charge in [0.25, 0.3) is 5.56 Å².